The molecule has 8 nitrogen and oxygen atoms in total. The molecule has 0 saturated carbocycles. The summed E-state index contributed by atoms with van der Waals surface area (Å²) in [5.74, 6) is -3.54. The van der Waals surface area contributed by atoms with E-state index in [2.05, 4.69) is 14.5 Å². The van der Waals surface area contributed by atoms with Gasteiger partial charge in [-0.25, -0.2) is 4.79 Å². The summed E-state index contributed by atoms with van der Waals surface area (Å²) in [5.41, 5.74) is 0. The predicted molar refractivity (Wildman–Crippen MR) is 41.8 cm³/mol. The van der Waals surface area contributed by atoms with Crippen LogP contribution in [-0.2, 0) is 19.3 Å². The molecule has 8 heteroatoms. The molecule has 0 spiro atoms. The molecule has 0 radical (unpaired) electrons. The van der Waals surface area contributed by atoms with Crippen LogP contribution in [0.2, 0.25) is 0 Å². The number of carbonyl (C=O) groups excluding carboxylic acids is 1. The molecule has 0 aromatic heterocycles. The van der Waals surface area contributed by atoms with Gasteiger partial charge in [-0.3, -0.25) is 4.89 Å². The molecule has 4 atom stereocenters. The molecule has 1 rings (SSSR count). The number of rotatable bonds is 3. The van der Waals surface area contributed by atoms with Gasteiger partial charge in [-0.15, -0.1) is 4.89 Å². The van der Waals surface area contributed by atoms with E-state index in [9.17, 15) is 20.1 Å². The van der Waals surface area contributed by atoms with Crippen LogP contribution >= 0.6 is 0 Å². The van der Waals surface area contributed by atoms with E-state index in [1.165, 1.54) is 0 Å². The van der Waals surface area contributed by atoms with Crippen molar-refractivity contribution in [3.8, 4) is 0 Å². The molecule has 1 aliphatic heterocycles. The third-order valence-corrected chi connectivity index (χ3v) is 1.86. The zero-order valence-corrected chi connectivity index (χ0v) is 7.86. The molecule has 15 heavy (non-hydrogen) atoms. The number of hydrogen-bond donors (Lipinski definition) is 4. The maximum absolute atomic E-state index is 10.4. The summed E-state index contributed by atoms with van der Waals surface area (Å²) in [6, 6.07) is 0. The lowest BCUT2D eigenvalue weighted by atomic mass is 10.1. The molecule has 1 aliphatic rings. The molecule has 88 valence electrons. The molecule has 0 aromatic carbocycles. The van der Waals surface area contributed by atoms with E-state index in [4.69, 9.17) is 5.11 Å². The Morgan fingerprint density at radius 3 is 2.53 bits per heavy atom. The van der Waals surface area contributed by atoms with Gasteiger partial charge in [0.1, 0.15) is 12.2 Å². The summed E-state index contributed by atoms with van der Waals surface area (Å²) < 4.78 is 4.58. The van der Waals surface area contributed by atoms with E-state index in [0.29, 0.717) is 0 Å². The van der Waals surface area contributed by atoms with E-state index in [0.717, 1.165) is 6.92 Å². The van der Waals surface area contributed by atoms with Crippen LogP contribution in [0.15, 0.2) is 0 Å². The standard InChI is InChI=1S/C7H12O8/c1-3(9)14-15-7(12)6(11)5(10)4(2-8)13-7/h4-6,8,10-12H,2H2,1H3/t4-,5-,6-,7+/m1/s1. The Morgan fingerprint density at radius 2 is 2.13 bits per heavy atom. The molecule has 0 bridgehead atoms. The van der Waals surface area contributed by atoms with Gasteiger partial charge in [0, 0.05) is 6.92 Å². The molecular weight excluding hydrogens is 212 g/mol. The van der Waals surface area contributed by atoms with Crippen molar-refractivity contribution in [2.75, 3.05) is 6.61 Å². The first kappa shape index (κ1) is 12.3. The van der Waals surface area contributed by atoms with Crippen molar-refractivity contribution in [3.05, 3.63) is 0 Å². The van der Waals surface area contributed by atoms with E-state index in [1.807, 2.05) is 0 Å². The monoisotopic (exact) mass is 224 g/mol. The van der Waals surface area contributed by atoms with Crippen LogP contribution in [0.4, 0.5) is 0 Å². The van der Waals surface area contributed by atoms with Crippen LogP contribution in [0.1, 0.15) is 6.92 Å². The second-order valence-corrected chi connectivity index (χ2v) is 3.06. The summed E-state index contributed by atoms with van der Waals surface area (Å²) in [4.78, 5) is 18.5. The molecule has 1 fully saturated rings. The third kappa shape index (κ3) is 2.43. The average Bonchev–Trinajstić information content (AvgIpc) is 2.41. The van der Waals surface area contributed by atoms with Crippen LogP contribution in [0.25, 0.3) is 0 Å². The topological polar surface area (TPSA) is 126 Å². The molecular formula is C7H12O8. The van der Waals surface area contributed by atoms with E-state index in [1.54, 1.807) is 0 Å². The largest absolute Gasteiger partial charge is 0.394 e. The van der Waals surface area contributed by atoms with Crippen molar-refractivity contribution in [1.29, 1.82) is 0 Å². The zero-order valence-electron chi connectivity index (χ0n) is 7.86. The smallest absolute Gasteiger partial charge is 0.350 e. The molecule has 0 aliphatic carbocycles. The second kappa shape index (κ2) is 4.39. The highest BCUT2D eigenvalue weighted by molar-refractivity contribution is 5.65. The van der Waals surface area contributed by atoms with Gasteiger partial charge < -0.3 is 25.2 Å². The molecule has 0 unspecified atom stereocenters. The van der Waals surface area contributed by atoms with Gasteiger partial charge in [0.05, 0.1) is 6.61 Å². The Morgan fingerprint density at radius 1 is 1.53 bits per heavy atom. The first-order chi connectivity index (χ1) is 6.90. The fourth-order valence-electron chi connectivity index (χ4n) is 1.11. The van der Waals surface area contributed by atoms with Gasteiger partial charge in [-0.2, -0.15) is 0 Å². The van der Waals surface area contributed by atoms with Crippen molar-refractivity contribution in [2.45, 2.75) is 31.2 Å². The summed E-state index contributed by atoms with van der Waals surface area (Å²) >= 11 is 0. The van der Waals surface area contributed by atoms with Crippen LogP contribution in [-0.4, -0.2) is 57.3 Å². The molecule has 1 heterocycles. The number of ether oxygens (including phenoxy) is 1. The Bertz CT molecular complexity index is 243. The second-order valence-electron chi connectivity index (χ2n) is 3.06. The first-order valence-electron chi connectivity index (χ1n) is 4.14. The first-order valence-corrected chi connectivity index (χ1v) is 4.14. The number of hydrogen-bond acceptors (Lipinski definition) is 8. The molecule has 4 N–H and O–H groups in total. The van der Waals surface area contributed by atoms with Crippen molar-refractivity contribution in [3.63, 3.8) is 0 Å². The zero-order chi connectivity index (χ0) is 11.6. The highest BCUT2D eigenvalue weighted by atomic mass is 17.3. The number of aliphatic hydroxyl groups excluding tert-OH is 3. The maximum atomic E-state index is 10.4. The fraction of sp³-hybridized carbons (Fsp3) is 0.857. The summed E-state index contributed by atoms with van der Waals surface area (Å²) in [5, 5.41) is 36.7. The van der Waals surface area contributed by atoms with E-state index >= 15 is 0 Å². The van der Waals surface area contributed by atoms with Gasteiger partial charge in [0.2, 0.25) is 0 Å². The van der Waals surface area contributed by atoms with E-state index < -0.39 is 36.9 Å². The Labute approximate surface area is 84.5 Å². The minimum absolute atomic E-state index is 0.635. The quantitative estimate of drug-likeness (QED) is 0.231. The summed E-state index contributed by atoms with van der Waals surface area (Å²) in [7, 11) is 0. The van der Waals surface area contributed by atoms with Gasteiger partial charge in [-0.05, 0) is 0 Å². The number of aliphatic hydroxyl groups is 4. The normalized spacial score (nSPS) is 40.5. The third-order valence-electron chi connectivity index (χ3n) is 1.86. The average molecular weight is 224 g/mol. The van der Waals surface area contributed by atoms with Crippen molar-refractivity contribution in [2.24, 2.45) is 0 Å². The lowest BCUT2D eigenvalue weighted by Crippen LogP contribution is -2.45. The maximum Gasteiger partial charge on any atom is 0.350 e. The minimum atomic E-state index is -2.67. The Balaban J connectivity index is 2.64. The lowest BCUT2D eigenvalue weighted by Gasteiger charge is -2.22. The predicted octanol–water partition coefficient (Wildman–Crippen LogP) is -2.76. The minimum Gasteiger partial charge on any atom is -0.394 e. The Hall–Kier alpha value is -0.770. The molecule has 1 saturated heterocycles. The molecule has 0 aromatic rings. The van der Waals surface area contributed by atoms with Crippen LogP contribution < -0.4 is 0 Å². The highest BCUT2D eigenvalue weighted by Gasteiger charge is 2.56. The van der Waals surface area contributed by atoms with Crippen LogP contribution in [0, 0.1) is 0 Å². The fourth-order valence-corrected chi connectivity index (χ4v) is 1.11. The van der Waals surface area contributed by atoms with Gasteiger partial charge >= 0.3 is 11.9 Å². The van der Waals surface area contributed by atoms with Gasteiger partial charge in [0.25, 0.3) is 0 Å². The highest BCUT2D eigenvalue weighted by Crippen LogP contribution is 2.30. The van der Waals surface area contributed by atoms with E-state index in [-0.39, 0.29) is 0 Å². The summed E-state index contributed by atoms with van der Waals surface area (Å²) in [6.07, 6.45) is -4.62. The Kier molecular flexibility index (Phi) is 3.60. The van der Waals surface area contributed by atoms with Crippen molar-refractivity contribution < 1.29 is 39.7 Å². The van der Waals surface area contributed by atoms with Crippen LogP contribution in [0.5, 0.6) is 0 Å². The van der Waals surface area contributed by atoms with Crippen molar-refractivity contribution >= 4 is 5.97 Å². The van der Waals surface area contributed by atoms with Gasteiger partial charge in [-0.1, -0.05) is 0 Å². The summed E-state index contributed by atoms with van der Waals surface area (Å²) in [6.45, 7) is 0.370. The molecule has 0 amide bonds. The van der Waals surface area contributed by atoms with Crippen molar-refractivity contribution in [1.82, 2.24) is 0 Å². The number of carbonyl (C=O) groups is 1. The SMILES string of the molecule is CC(=O)OO[C@@]1(O)O[C@H](CO)[C@@H](O)[C@H]1O. The lowest BCUT2D eigenvalue weighted by molar-refractivity contribution is -0.486. The van der Waals surface area contributed by atoms with Crippen LogP contribution in [0.3, 0.4) is 0 Å². The van der Waals surface area contributed by atoms with Gasteiger partial charge in [0.15, 0.2) is 6.10 Å².